The van der Waals surface area contributed by atoms with Crippen molar-refractivity contribution in [2.24, 2.45) is 0 Å². The van der Waals surface area contributed by atoms with Crippen LogP contribution in [0.5, 0.6) is 5.75 Å². The van der Waals surface area contributed by atoms with Gasteiger partial charge in [-0.15, -0.1) is 0 Å². The van der Waals surface area contributed by atoms with E-state index in [1.165, 1.54) is 45.5 Å². The molecule has 2 aromatic rings. The molecule has 2 aromatic carbocycles. The fourth-order valence-corrected chi connectivity index (χ4v) is 3.49. The number of carbonyl (C=O) groups excluding carboxylic acids is 1. The molecule has 0 aliphatic heterocycles. The predicted molar refractivity (Wildman–Crippen MR) is 103 cm³/mol. The second kappa shape index (κ2) is 8.84. The molecule has 0 heterocycles. The number of anilines is 1. The molecule has 162 valence electrons. The SMILES string of the molecule is COc1ccc(/C=C/C(=O)Nc2ccc(F)cc2C(F)(F)F)cc1S(=O)(=O)N(C)C. The molecule has 0 radical (unpaired) electrons. The molecule has 0 atom stereocenters. The molecule has 0 aromatic heterocycles. The highest BCUT2D eigenvalue weighted by molar-refractivity contribution is 7.89. The summed E-state index contributed by atoms with van der Waals surface area (Å²) in [6.07, 6.45) is -2.71. The zero-order chi connectivity index (χ0) is 22.7. The summed E-state index contributed by atoms with van der Waals surface area (Å²) in [4.78, 5) is 11.9. The second-order valence-corrected chi connectivity index (χ2v) is 8.33. The molecule has 0 aliphatic rings. The Bertz CT molecular complexity index is 1080. The highest BCUT2D eigenvalue weighted by atomic mass is 32.2. The number of nitrogens with one attached hydrogen (secondary N) is 1. The Balaban J connectivity index is 2.30. The van der Waals surface area contributed by atoms with Crippen LogP contribution in [0.25, 0.3) is 6.08 Å². The second-order valence-electron chi connectivity index (χ2n) is 6.21. The Morgan fingerprint density at radius 2 is 1.80 bits per heavy atom. The normalized spacial score (nSPS) is 12.4. The molecule has 0 bridgehead atoms. The quantitative estimate of drug-likeness (QED) is 0.542. The third-order valence-corrected chi connectivity index (χ3v) is 5.75. The van der Waals surface area contributed by atoms with Gasteiger partial charge in [0.2, 0.25) is 15.9 Å². The number of halogens is 4. The van der Waals surface area contributed by atoms with Gasteiger partial charge in [0, 0.05) is 20.2 Å². The number of nitrogens with zero attached hydrogens (tertiary/aromatic N) is 1. The standard InChI is InChI=1S/C19H18F4N2O4S/c1-25(2)30(27,28)17-10-12(4-8-16(17)29-3)5-9-18(26)24-15-7-6-13(20)11-14(15)19(21,22)23/h4-11H,1-3H3,(H,24,26)/b9-5+. The molecule has 30 heavy (non-hydrogen) atoms. The third-order valence-electron chi connectivity index (χ3n) is 3.92. The molecular formula is C19H18F4N2O4S. The van der Waals surface area contributed by atoms with E-state index in [-0.39, 0.29) is 16.7 Å². The van der Waals surface area contributed by atoms with E-state index in [1.807, 2.05) is 5.32 Å². The Morgan fingerprint density at radius 1 is 1.13 bits per heavy atom. The zero-order valence-corrected chi connectivity index (χ0v) is 16.9. The molecule has 0 spiro atoms. The summed E-state index contributed by atoms with van der Waals surface area (Å²) in [5.41, 5.74) is -1.64. The van der Waals surface area contributed by atoms with Gasteiger partial charge in [-0.2, -0.15) is 13.2 Å². The zero-order valence-electron chi connectivity index (χ0n) is 16.1. The lowest BCUT2D eigenvalue weighted by molar-refractivity contribution is -0.137. The van der Waals surface area contributed by atoms with Crippen LogP contribution in [0, 0.1) is 5.82 Å². The Kier molecular flexibility index (Phi) is 6.88. The van der Waals surface area contributed by atoms with E-state index in [0.717, 1.165) is 22.5 Å². The molecule has 1 N–H and O–H groups in total. The minimum Gasteiger partial charge on any atom is -0.495 e. The minimum atomic E-state index is -4.86. The maximum atomic E-state index is 13.1. The largest absolute Gasteiger partial charge is 0.495 e. The molecule has 0 fully saturated rings. The topological polar surface area (TPSA) is 75.7 Å². The fourth-order valence-electron chi connectivity index (χ4n) is 2.40. The number of carbonyl (C=O) groups is 1. The van der Waals surface area contributed by atoms with Gasteiger partial charge in [0.1, 0.15) is 16.5 Å². The lowest BCUT2D eigenvalue weighted by Gasteiger charge is -2.15. The number of rotatable bonds is 6. The summed E-state index contributed by atoms with van der Waals surface area (Å²) in [6, 6.07) is 5.99. The average molecular weight is 446 g/mol. The van der Waals surface area contributed by atoms with Crippen LogP contribution in [-0.4, -0.2) is 39.8 Å². The van der Waals surface area contributed by atoms with Gasteiger partial charge < -0.3 is 10.1 Å². The van der Waals surface area contributed by atoms with Gasteiger partial charge in [-0.05, 0) is 42.0 Å². The summed E-state index contributed by atoms with van der Waals surface area (Å²) in [6.45, 7) is 0. The van der Waals surface area contributed by atoms with Crippen LogP contribution in [0.2, 0.25) is 0 Å². The smallest absolute Gasteiger partial charge is 0.418 e. The van der Waals surface area contributed by atoms with Gasteiger partial charge in [0.15, 0.2) is 0 Å². The van der Waals surface area contributed by atoms with Crippen molar-refractivity contribution in [1.82, 2.24) is 4.31 Å². The molecule has 0 saturated carbocycles. The molecular weight excluding hydrogens is 428 g/mol. The van der Waals surface area contributed by atoms with Crippen molar-refractivity contribution in [3.05, 3.63) is 59.4 Å². The highest BCUT2D eigenvalue weighted by Gasteiger charge is 2.34. The molecule has 1 amide bonds. The molecule has 2 rings (SSSR count). The monoisotopic (exact) mass is 446 g/mol. The number of hydrogen-bond acceptors (Lipinski definition) is 4. The van der Waals surface area contributed by atoms with Crippen LogP contribution in [0.4, 0.5) is 23.2 Å². The third kappa shape index (κ3) is 5.36. The molecule has 6 nitrogen and oxygen atoms in total. The van der Waals surface area contributed by atoms with Crippen LogP contribution in [0.3, 0.4) is 0 Å². The van der Waals surface area contributed by atoms with Crippen LogP contribution in [-0.2, 0) is 21.0 Å². The van der Waals surface area contributed by atoms with Crippen molar-refractivity contribution < 1.29 is 35.5 Å². The van der Waals surface area contributed by atoms with E-state index in [9.17, 15) is 30.8 Å². The molecule has 0 aliphatic carbocycles. The number of methoxy groups -OCH3 is 1. The van der Waals surface area contributed by atoms with E-state index in [2.05, 4.69) is 0 Å². The minimum absolute atomic E-state index is 0.0893. The van der Waals surface area contributed by atoms with Gasteiger partial charge in [-0.3, -0.25) is 4.79 Å². The van der Waals surface area contributed by atoms with Gasteiger partial charge in [0.25, 0.3) is 0 Å². The van der Waals surface area contributed by atoms with Crippen LogP contribution in [0.1, 0.15) is 11.1 Å². The van der Waals surface area contributed by atoms with Crippen LogP contribution in [0.15, 0.2) is 47.4 Å². The number of benzene rings is 2. The van der Waals surface area contributed by atoms with Crippen molar-refractivity contribution in [3.63, 3.8) is 0 Å². The summed E-state index contributed by atoms with van der Waals surface area (Å²) in [7, 11) is 0.135. The van der Waals surface area contributed by atoms with Crippen molar-refractivity contribution in [1.29, 1.82) is 0 Å². The molecule has 11 heteroatoms. The van der Waals surface area contributed by atoms with E-state index >= 15 is 0 Å². The number of ether oxygens (including phenoxy) is 1. The number of amides is 1. The summed E-state index contributed by atoms with van der Waals surface area (Å²) >= 11 is 0. The number of sulfonamides is 1. The first-order chi connectivity index (χ1) is 13.9. The van der Waals surface area contributed by atoms with Gasteiger partial charge in [-0.1, -0.05) is 6.07 Å². The Hall–Kier alpha value is -2.92. The maximum Gasteiger partial charge on any atom is 0.418 e. The number of hydrogen-bond donors (Lipinski definition) is 1. The van der Waals surface area contributed by atoms with Gasteiger partial charge >= 0.3 is 6.18 Å². The van der Waals surface area contributed by atoms with Crippen molar-refractivity contribution in [3.8, 4) is 5.75 Å². The fraction of sp³-hybridized carbons (Fsp3) is 0.211. The predicted octanol–water partition coefficient (Wildman–Crippen LogP) is 3.76. The van der Waals surface area contributed by atoms with Gasteiger partial charge in [-0.25, -0.2) is 17.1 Å². The lowest BCUT2D eigenvalue weighted by Crippen LogP contribution is -2.22. The highest BCUT2D eigenvalue weighted by Crippen LogP contribution is 2.35. The van der Waals surface area contributed by atoms with Crippen LogP contribution >= 0.6 is 0 Å². The molecule has 0 saturated heterocycles. The summed E-state index contributed by atoms with van der Waals surface area (Å²) < 4.78 is 83.0. The van der Waals surface area contributed by atoms with E-state index in [4.69, 9.17) is 4.74 Å². The van der Waals surface area contributed by atoms with E-state index < -0.39 is 39.2 Å². The summed E-state index contributed by atoms with van der Waals surface area (Å²) in [5, 5.41) is 2.04. The first-order valence-electron chi connectivity index (χ1n) is 8.32. The Morgan fingerprint density at radius 3 is 2.37 bits per heavy atom. The van der Waals surface area contributed by atoms with Crippen molar-refractivity contribution >= 4 is 27.7 Å². The maximum absolute atomic E-state index is 13.1. The first-order valence-corrected chi connectivity index (χ1v) is 9.76. The Labute approximate surface area is 170 Å². The first kappa shape index (κ1) is 23.4. The van der Waals surface area contributed by atoms with E-state index in [0.29, 0.717) is 5.56 Å². The van der Waals surface area contributed by atoms with Crippen molar-refractivity contribution in [2.75, 3.05) is 26.5 Å². The van der Waals surface area contributed by atoms with Gasteiger partial charge in [0.05, 0.1) is 18.4 Å². The van der Waals surface area contributed by atoms with Crippen molar-refractivity contribution in [2.45, 2.75) is 11.1 Å². The average Bonchev–Trinajstić information content (AvgIpc) is 2.66. The van der Waals surface area contributed by atoms with Crippen LogP contribution < -0.4 is 10.1 Å². The molecule has 0 unspecified atom stereocenters. The lowest BCUT2D eigenvalue weighted by atomic mass is 10.1. The summed E-state index contributed by atoms with van der Waals surface area (Å²) in [5.74, 6) is -1.92. The van der Waals surface area contributed by atoms with E-state index in [1.54, 1.807) is 0 Å². The number of alkyl halides is 3.